The molecule has 0 bridgehead atoms. The molecule has 0 aliphatic rings. The van der Waals surface area contributed by atoms with Crippen LogP contribution in [0.1, 0.15) is 17.1 Å². The lowest BCUT2D eigenvalue weighted by Crippen LogP contribution is -2.10. The molecule has 2 rings (SSSR count). The summed E-state index contributed by atoms with van der Waals surface area (Å²) < 4.78 is 0. The summed E-state index contributed by atoms with van der Waals surface area (Å²) in [6.45, 7) is 4.78. The summed E-state index contributed by atoms with van der Waals surface area (Å²) >= 11 is 0. The van der Waals surface area contributed by atoms with Crippen molar-refractivity contribution in [3.63, 3.8) is 0 Å². The lowest BCUT2D eigenvalue weighted by atomic mass is 10.1. The van der Waals surface area contributed by atoms with Crippen LogP contribution in [0.5, 0.6) is 0 Å². The highest BCUT2D eigenvalue weighted by Crippen LogP contribution is 2.18. The van der Waals surface area contributed by atoms with Gasteiger partial charge in [-0.25, -0.2) is 9.97 Å². The number of benzene rings is 1. The number of nitrogens with one attached hydrogen (secondary N) is 1. The van der Waals surface area contributed by atoms with Crippen LogP contribution in [0.15, 0.2) is 30.3 Å². The zero-order chi connectivity index (χ0) is 12.3. The second-order valence-electron chi connectivity index (χ2n) is 4.21. The topological polar surface area (TPSA) is 37.8 Å². The van der Waals surface area contributed by atoms with Crippen molar-refractivity contribution in [2.75, 3.05) is 7.05 Å². The van der Waals surface area contributed by atoms with E-state index in [1.165, 1.54) is 5.56 Å². The summed E-state index contributed by atoms with van der Waals surface area (Å²) in [6, 6.07) is 10.4. The van der Waals surface area contributed by atoms with Gasteiger partial charge in [0.15, 0.2) is 0 Å². The Bertz CT molecular complexity index is 503. The van der Waals surface area contributed by atoms with Gasteiger partial charge >= 0.3 is 0 Å². The number of aryl methyl sites for hydroxylation is 2. The second-order valence-corrected chi connectivity index (χ2v) is 4.21. The molecule has 1 heterocycles. The fourth-order valence-electron chi connectivity index (χ4n) is 1.74. The third-order valence-corrected chi connectivity index (χ3v) is 2.58. The van der Waals surface area contributed by atoms with Gasteiger partial charge in [-0.2, -0.15) is 0 Å². The van der Waals surface area contributed by atoms with E-state index >= 15 is 0 Å². The van der Waals surface area contributed by atoms with E-state index in [4.69, 9.17) is 0 Å². The zero-order valence-corrected chi connectivity index (χ0v) is 10.5. The number of nitrogens with zero attached hydrogens (tertiary/aromatic N) is 2. The van der Waals surface area contributed by atoms with E-state index in [1.807, 2.05) is 20.0 Å². The molecule has 0 spiro atoms. The van der Waals surface area contributed by atoms with Crippen LogP contribution in [0, 0.1) is 13.8 Å². The molecule has 0 saturated heterocycles. The highest BCUT2D eigenvalue weighted by molar-refractivity contribution is 5.59. The molecular formula is C14H17N3. The van der Waals surface area contributed by atoms with Crippen molar-refractivity contribution in [1.29, 1.82) is 0 Å². The maximum atomic E-state index is 4.55. The Morgan fingerprint density at radius 2 is 1.76 bits per heavy atom. The van der Waals surface area contributed by atoms with Gasteiger partial charge in [-0.15, -0.1) is 0 Å². The lowest BCUT2D eigenvalue weighted by Gasteiger charge is -2.06. The van der Waals surface area contributed by atoms with Gasteiger partial charge in [-0.3, -0.25) is 0 Å². The minimum absolute atomic E-state index is 0.695. The smallest absolute Gasteiger partial charge is 0.143 e. The molecule has 0 saturated carbocycles. The van der Waals surface area contributed by atoms with Crippen LogP contribution in [-0.4, -0.2) is 17.0 Å². The molecule has 0 aliphatic carbocycles. The maximum absolute atomic E-state index is 4.55. The van der Waals surface area contributed by atoms with Crippen LogP contribution in [0.3, 0.4) is 0 Å². The van der Waals surface area contributed by atoms with Crippen molar-refractivity contribution in [2.24, 2.45) is 0 Å². The van der Waals surface area contributed by atoms with Crippen LogP contribution in [0.2, 0.25) is 0 Å². The van der Waals surface area contributed by atoms with Crippen molar-refractivity contribution in [3.05, 3.63) is 47.4 Å². The number of hydrogen-bond acceptors (Lipinski definition) is 3. The van der Waals surface area contributed by atoms with E-state index in [1.54, 1.807) is 0 Å². The normalized spacial score (nSPS) is 10.5. The molecular weight excluding hydrogens is 210 g/mol. The molecule has 2 aromatic rings. The summed E-state index contributed by atoms with van der Waals surface area (Å²) in [6.07, 6.45) is 0. The largest absolute Gasteiger partial charge is 0.313 e. The van der Waals surface area contributed by atoms with Crippen molar-refractivity contribution in [3.8, 4) is 11.3 Å². The summed E-state index contributed by atoms with van der Waals surface area (Å²) in [7, 11) is 1.90. The first-order chi connectivity index (χ1) is 8.19. The highest BCUT2D eigenvalue weighted by Gasteiger charge is 2.03. The van der Waals surface area contributed by atoms with E-state index < -0.39 is 0 Å². The predicted molar refractivity (Wildman–Crippen MR) is 69.7 cm³/mol. The Morgan fingerprint density at radius 1 is 1.06 bits per heavy atom. The summed E-state index contributed by atoms with van der Waals surface area (Å²) in [4.78, 5) is 8.94. The molecule has 0 amide bonds. The lowest BCUT2D eigenvalue weighted by molar-refractivity contribution is 0.754. The first-order valence-electron chi connectivity index (χ1n) is 5.75. The molecule has 0 fully saturated rings. The van der Waals surface area contributed by atoms with E-state index in [2.05, 4.69) is 46.5 Å². The molecule has 1 N–H and O–H groups in total. The van der Waals surface area contributed by atoms with Crippen LogP contribution in [0.4, 0.5) is 0 Å². The Balaban J connectivity index is 2.40. The van der Waals surface area contributed by atoms with Gasteiger partial charge in [0.25, 0.3) is 0 Å². The van der Waals surface area contributed by atoms with Crippen molar-refractivity contribution < 1.29 is 0 Å². The SMILES string of the molecule is CNCc1nc(C)cc(-c2ccc(C)cc2)n1. The molecule has 88 valence electrons. The molecule has 17 heavy (non-hydrogen) atoms. The van der Waals surface area contributed by atoms with Gasteiger partial charge < -0.3 is 5.32 Å². The van der Waals surface area contributed by atoms with Crippen molar-refractivity contribution in [2.45, 2.75) is 20.4 Å². The van der Waals surface area contributed by atoms with Gasteiger partial charge in [-0.1, -0.05) is 29.8 Å². The van der Waals surface area contributed by atoms with Crippen LogP contribution >= 0.6 is 0 Å². The molecule has 1 aromatic carbocycles. The average Bonchev–Trinajstić information content (AvgIpc) is 2.29. The standard InChI is InChI=1S/C14H17N3/c1-10-4-6-12(7-5-10)13-8-11(2)16-14(17-13)9-15-3/h4-8,15H,9H2,1-3H3. The molecule has 3 nitrogen and oxygen atoms in total. The number of rotatable bonds is 3. The summed E-state index contributed by atoms with van der Waals surface area (Å²) in [5.41, 5.74) is 4.39. The van der Waals surface area contributed by atoms with Crippen LogP contribution in [-0.2, 0) is 6.54 Å². The van der Waals surface area contributed by atoms with E-state index in [0.29, 0.717) is 6.54 Å². The first kappa shape index (κ1) is 11.7. The minimum atomic E-state index is 0.695. The maximum Gasteiger partial charge on any atom is 0.143 e. The summed E-state index contributed by atoms with van der Waals surface area (Å²) in [5.74, 6) is 0.836. The van der Waals surface area contributed by atoms with Gasteiger partial charge in [0, 0.05) is 11.3 Å². The van der Waals surface area contributed by atoms with E-state index in [9.17, 15) is 0 Å². The average molecular weight is 227 g/mol. The monoisotopic (exact) mass is 227 g/mol. The van der Waals surface area contributed by atoms with Crippen LogP contribution in [0.25, 0.3) is 11.3 Å². The first-order valence-corrected chi connectivity index (χ1v) is 5.75. The Kier molecular flexibility index (Phi) is 3.49. The van der Waals surface area contributed by atoms with E-state index in [-0.39, 0.29) is 0 Å². The molecule has 0 aliphatic heterocycles. The van der Waals surface area contributed by atoms with Crippen molar-refractivity contribution >= 4 is 0 Å². The Labute approximate surface area is 102 Å². The van der Waals surface area contributed by atoms with E-state index in [0.717, 1.165) is 22.8 Å². The second kappa shape index (κ2) is 5.06. The molecule has 0 unspecified atom stereocenters. The molecule has 3 heteroatoms. The van der Waals surface area contributed by atoms with Gasteiger partial charge in [0.05, 0.1) is 12.2 Å². The Morgan fingerprint density at radius 3 is 2.41 bits per heavy atom. The minimum Gasteiger partial charge on any atom is -0.313 e. The fourth-order valence-corrected chi connectivity index (χ4v) is 1.74. The van der Waals surface area contributed by atoms with Crippen molar-refractivity contribution in [1.82, 2.24) is 15.3 Å². The number of hydrogen-bond donors (Lipinski definition) is 1. The fraction of sp³-hybridized carbons (Fsp3) is 0.286. The predicted octanol–water partition coefficient (Wildman–Crippen LogP) is 2.48. The molecule has 0 radical (unpaired) electrons. The Hall–Kier alpha value is -1.74. The van der Waals surface area contributed by atoms with Gasteiger partial charge in [-0.05, 0) is 27.0 Å². The molecule has 0 atom stereocenters. The van der Waals surface area contributed by atoms with Crippen LogP contribution < -0.4 is 5.32 Å². The van der Waals surface area contributed by atoms with Gasteiger partial charge in [0.1, 0.15) is 5.82 Å². The molecule has 1 aromatic heterocycles. The van der Waals surface area contributed by atoms with Gasteiger partial charge in [0.2, 0.25) is 0 Å². The quantitative estimate of drug-likeness (QED) is 0.875. The third-order valence-electron chi connectivity index (χ3n) is 2.58. The third kappa shape index (κ3) is 2.88. The highest BCUT2D eigenvalue weighted by atomic mass is 15.0. The summed E-state index contributed by atoms with van der Waals surface area (Å²) in [5, 5.41) is 3.07. The zero-order valence-electron chi connectivity index (χ0n) is 10.5. The number of aromatic nitrogens is 2.